The number of aryl methyl sites for hydroxylation is 1. The van der Waals surface area contributed by atoms with Crippen LogP contribution in [0.4, 0.5) is 0 Å². The summed E-state index contributed by atoms with van der Waals surface area (Å²) in [5.74, 6) is 0.760. The fourth-order valence-corrected chi connectivity index (χ4v) is 4.60. The van der Waals surface area contributed by atoms with Crippen LogP contribution < -0.4 is 0 Å². The first kappa shape index (κ1) is 21.0. The molecular weight excluding hydrogens is 412 g/mol. The van der Waals surface area contributed by atoms with Crippen molar-refractivity contribution in [1.29, 1.82) is 5.26 Å². The highest BCUT2D eigenvalue weighted by Gasteiger charge is 2.23. The number of imidazole rings is 1. The lowest BCUT2D eigenvalue weighted by molar-refractivity contribution is -0.132. The lowest BCUT2D eigenvalue weighted by atomic mass is 9.96. The summed E-state index contributed by atoms with van der Waals surface area (Å²) in [5, 5.41) is 15.8. The van der Waals surface area contributed by atoms with Gasteiger partial charge >= 0.3 is 0 Å². The van der Waals surface area contributed by atoms with Gasteiger partial charge in [0.1, 0.15) is 0 Å². The number of aromatic amines is 1. The van der Waals surface area contributed by atoms with E-state index in [-0.39, 0.29) is 5.91 Å². The summed E-state index contributed by atoms with van der Waals surface area (Å²) in [4.78, 5) is 19.3. The molecule has 33 heavy (non-hydrogen) atoms. The van der Waals surface area contributed by atoms with E-state index in [1.165, 1.54) is 0 Å². The van der Waals surface area contributed by atoms with Gasteiger partial charge in [-0.2, -0.15) is 10.4 Å². The zero-order valence-corrected chi connectivity index (χ0v) is 18.4. The first-order chi connectivity index (χ1) is 16.2. The molecule has 0 spiro atoms. The fourth-order valence-electron chi connectivity index (χ4n) is 4.60. The highest BCUT2D eigenvalue weighted by molar-refractivity contribution is 5.81. The van der Waals surface area contributed by atoms with Gasteiger partial charge in [-0.3, -0.25) is 9.89 Å². The van der Waals surface area contributed by atoms with Gasteiger partial charge in [0.25, 0.3) is 0 Å². The Hall–Kier alpha value is -3.92. The Balaban J connectivity index is 1.14. The monoisotopic (exact) mass is 438 g/mol. The average Bonchev–Trinajstić information content (AvgIpc) is 3.54. The molecule has 4 aromatic rings. The molecule has 0 bridgehead atoms. The molecule has 2 aromatic heterocycles. The minimum Gasteiger partial charge on any atom is -0.343 e. The largest absolute Gasteiger partial charge is 0.343 e. The van der Waals surface area contributed by atoms with Crippen molar-refractivity contribution in [2.24, 2.45) is 5.92 Å². The molecule has 1 N–H and O–H groups in total. The molecule has 7 nitrogen and oxygen atoms in total. The molecule has 0 atom stereocenters. The van der Waals surface area contributed by atoms with Crippen molar-refractivity contribution in [3.8, 4) is 17.2 Å². The van der Waals surface area contributed by atoms with Gasteiger partial charge in [-0.25, -0.2) is 4.98 Å². The van der Waals surface area contributed by atoms with Crippen LogP contribution in [0, 0.1) is 17.2 Å². The van der Waals surface area contributed by atoms with Gasteiger partial charge in [0.2, 0.25) is 5.91 Å². The summed E-state index contributed by atoms with van der Waals surface area (Å²) >= 11 is 0. The number of nitrogens with one attached hydrogen (secondary N) is 1. The van der Waals surface area contributed by atoms with Crippen LogP contribution >= 0.6 is 0 Å². The van der Waals surface area contributed by atoms with E-state index in [1.54, 1.807) is 0 Å². The number of hydrogen-bond acceptors (Lipinski definition) is 4. The number of piperidine rings is 1. The van der Waals surface area contributed by atoms with Gasteiger partial charge in [0.05, 0.1) is 35.2 Å². The zero-order valence-electron chi connectivity index (χ0n) is 18.4. The molecular formula is C26H26N6O. The topological polar surface area (TPSA) is 90.6 Å². The van der Waals surface area contributed by atoms with E-state index in [4.69, 9.17) is 5.26 Å². The van der Waals surface area contributed by atoms with Gasteiger partial charge < -0.3 is 9.47 Å². The Morgan fingerprint density at radius 1 is 1.12 bits per heavy atom. The highest BCUT2D eigenvalue weighted by Crippen LogP contribution is 2.26. The van der Waals surface area contributed by atoms with Crippen LogP contribution in [0.3, 0.4) is 0 Å². The zero-order chi connectivity index (χ0) is 22.6. The maximum Gasteiger partial charge on any atom is 0.222 e. The van der Waals surface area contributed by atoms with Crippen molar-refractivity contribution in [3.63, 3.8) is 0 Å². The fraction of sp³-hybridized carbons (Fsp3) is 0.308. The number of hydrogen-bond donors (Lipinski definition) is 1. The number of likely N-dealkylation sites (tertiary alicyclic amines) is 1. The van der Waals surface area contributed by atoms with E-state index in [0.29, 0.717) is 24.3 Å². The summed E-state index contributed by atoms with van der Waals surface area (Å²) < 4.78 is 2.24. The lowest BCUT2D eigenvalue weighted by Gasteiger charge is -2.32. The second-order valence-corrected chi connectivity index (χ2v) is 8.72. The Bertz CT molecular complexity index is 1270. The summed E-state index contributed by atoms with van der Waals surface area (Å²) in [6.45, 7) is 2.55. The molecule has 1 aliphatic heterocycles. The molecule has 3 heterocycles. The third kappa shape index (κ3) is 4.65. The third-order valence-corrected chi connectivity index (χ3v) is 6.59. The second kappa shape index (κ2) is 9.29. The summed E-state index contributed by atoms with van der Waals surface area (Å²) in [7, 11) is 0. The normalized spacial score (nSPS) is 14.5. The number of aromatic nitrogens is 4. The number of rotatable bonds is 6. The van der Waals surface area contributed by atoms with E-state index >= 15 is 0 Å². The molecule has 7 heteroatoms. The molecule has 1 saturated heterocycles. The van der Waals surface area contributed by atoms with Crippen molar-refractivity contribution < 1.29 is 4.79 Å². The summed E-state index contributed by atoms with van der Waals surface area (Å²) in [5.41, 5.74) is 6.04. The van der Waals surface area contributed by atoms with E-state index in [9.17, 15) is 4.79 Å². The second-order valence-electron chi connectivity index (χ2n) is 8.72. The van der Waals surface area contributed by atoms with Crippen molar-refractivity contribution in [1.82, 2.24) is 24.6 Å². The molecule has 5 rings (SSSR count). The Morgan fingerprint density at radius 3 is 2.67 bits per heavy atom. The maximum atomic E-state index is 12.7. The number of benzene rings is 2. The lowest BCUT2D eigenvalue weighted by Crippen LogP contribution is -2.39. The van der Waals surface area contributed by atoms with Gasteiger partial charge in [-0.05, 0) is 60.6 Å². The van der Waals surface area contributed by atoms with Crippen LogP contribution in [-0.4, -0.2) is 43.6 Å². The molecule has 1 amide bonds. The minimum atomic E-state index is 0.220. The smallest absolute Gasteiger partial charge is 0.222 e. The molecule has 0 aliphatic carbocycles. The molecule has 1 fully saturated rings. The number of H-pyrrole nitrogens is 1. The van der Waals surface area contributed by atoms with Crippen LogP contribution in [0.5, 0.6) is 0 Å². The van der Waals surface area contributed by atoms with E-state index < -0.39 is 0 Å². The Labute approximate surface area is 192 Å². The summed E-state index contributed by atoms with van der Waals surface area (Å²) in [6, 6.07) is 16.0. The summed E-state index contributed by atoms with van der Waals surface area (Å²) in [6.07, 6.45) is 8.88. The van der Waals surface area contributed by atoms with Crippen LogP contribution in [0.1, 0.15) is 30.4 Å². The number of amides is 1. The van der Waals surface area contributed by atoms with Crippen molar-refractivity contribution in [2.75, 3.05) is 13.1 Å². The molecule has 2 aromatic carbocycles. The number of fused-ring (bicyclic) bond motifs is 1. The number of nitrogens with zero attached hydrogens (tertiary/aromatic N) is 5. The van der Waals surface area contributed by atoms with Gasteiger partial charge in [0, 0.05) is 37.8 Å². The SMILES string of the molecule is N#Cc1ccc(CCC(=O)N2CCC(Cn3cnc4cc(-c5cn[nH]c5)ccc43)CC2)cc1. The molecule has 0 saturated carbocycles. The van der Waals surface area contributed by atoms with Gasteiger partial charge in [-0.15, -0.1) is 0 Å². The number of nitriles is 1. The van der Waals surface area contributed by atoms with Crippen LogP contribution in [0.2, 0.25) is 0 Å². The quantitative estimate of drug-likeness (QED) is 0.489. The van der Waals surface area contributed by atoms with Crippen LogP contribution in [-0.2, 0) is 17.8 Å². The van der Waals surface area contributed by atoms with Crippen LogP contribution in [0.25, 0.3) is 22.2 Å². The highest BCUT2D eigenvalue weighted by atomic mass is 16.2. The average molecular weight is 439 g/mol. The van der Waals surface area contributed by atoms with E-state index in [0.717, 1.165) is 60.2 Å². The number of carbonyl (C=O) groups is 1. The predicted molar refractivity (Wildman–Crippen MR) is 126 cm³/mol. The first-order valence-corrected chi connectivity index (χ1v) is 11.4. The number of carbonyl (C=O) groups excluding carboxylic acids is 1. The van der Waals surface area contributed by atoms with Gasteiger partial charge in [0.15, 0.2) is 0 Å². The molecule has 166 valence electrons. The van der Waals surface area contributed by atoms with E-state index in [1.807, 2.05) is 47.9 Å². The van der Waals surface area contributed by atoms with Crippen molar-refractivity contribution >= 4 is 16.9 Å². The Kier molecular flexibility index (Phi) is 5.90. The third-order valence-electron chi connectivity index (χ3n) is 6.59. The standard InChI is InChI=1S/C26H26N6O/c27-14-20-3-1-19(2-4-20)5-8-26(33)31-11-9-21(10-12-31)17-32-18-28-24-13-22(6-7-25(24)32)23-15-29-30-16-23/h1-4,6-7,13,15-16,18,21H,5,8-12,17H2,(H,29,30). The molecule has 0 radical (unpaired) electrons. The maximum absolute atomic E-state index is 12.7. The van der Waals surface area contributed by atoms with E-state index in [2.05, 4.69) is 44.0 Å². The molecule has 0 unspecified atom stereocenters. The first-order valence-electron chi connectivity index (χ1n) is 11.4. The minimum absolute atomic E-state index is 0.220. The van der Waals surface area contributed by atoms with Crippen LogP contribution in [0.15, 0.2) is 61.2 Å². The Morgan fingerprint density at radius 2 is 1.94 bits per heavy atom. The van der Waals surface area contributed by atoms with Crippen molar-refractivity contribution in [2.45, 2.75) is 32.2 Å². The van der Waals surface area contributed by atoms with Gasteiger partial charge in [-0.1, -0.05) is 18.2 Å². The predicted octanol–water partition coefficient (Wildman–Crippen LogP) is 4.17. The van der Waals surface area contributed by atoms with Crippen molar-refractivity contribution in [3.05, 3.63) is 72.3 Å². The molecule has 1 aliphatic rings.